The summed E-state index contributed by atoms with van der Waals surface area (Å²) in [6.07, 6.45) is 2.04. The summed E-state index contributed by atoms with van der Waals surface area (Å²) in [4.78, 5) is 5.68. The molecule has 0 atom stereocenters. The van der Waals surface area contributed by atoms with Crippen LogP contribution in [0.3, 0.4) is 0 Å². The Kier molecular flexibility index (Phi) is 5.28. The molecule has 0 amide bonds. The third kappa shape index (κ3) is 3.75. The molecular weight excluding hydrogens is 238 g/mol. The Hall–Kier alpha value is -0.0600. The van der Waals surface area contributed by atoms with E-state index >= 15 is 0 Å². The molecule has 0 unspecified atom stereocenters. The normalized spacial score (nSPS) is 12.1. The fourth-order valence-electron chi connectivity index (χ4n) is 1.54. The third-order valence-corrected chi connectivity index (χ3v) is 4.69. The van der Waals surface area contributed by atoms with E-state index in [1.807, 2.05) is 25.6 Å². The van der Waals surface area contributed by atoms with E-state index in [0.717, 1.165) is 39.9 Å². The summed E-state index contributed by atoms with van der Waals surface area (Å²) in [6, 6.07) is 0. The number of thioether (sulfide) groups is 1. The van der Waals surface area contributed by atoms with Crippen LogP contribution in [0.2, 0.25) is 0 Å². The van der Waals surface area contributed by atoms with Crippen molar-refractivity contribution in [2.24, 2.45) is 0 Å². The minimum Gasteiger partial charge on any atom is -0.385 e. The van der Waals surface area contributed by atoms with Gasteiger partial charge in [0.2, 0.25) is 0 Å². The second kappa shape index (κ2) is 6.03. The average Bonchev–Trinajstić information content (AvgIpc) is 2.58. The summed E-state index contributed by atoms with van der Waals surface area (Å²) >= 11 is 3.54. The summed E-state index contributed by atoms with van der Waals surface area (Å²) in [5.41, 5.74) is 0.337. The zero-order chi connectivity index (χ0) is 12.2. The second-order valence-electron chi connectivity index (χ2n) is 4.33. The lowest BCUT2D eigenvalue weighted by atomic mass is 10.0. The van der Waals surface area contributed by atoms with Crippen LogP contribution in [0.25, 0.3) is 0 Å². The highest BCUT2D eigenvalue weighted by atomic mass is 32.2. The number of aromatic nitrogens is 1. The zero-order valence-corrected chi connectivity index (χ0v) is 12.2. The van der Waals surface area contributed by atoms with Crippen LogP contribution in [0, 0.1) is 0 Å². The maximum absolute atomic E-state index is 10.1. The summed E-state index contributed by atoms with van der Waals surface area (Å²) in [6.45, 7) is 7.99. The van der Waals surface area contributed by atoms with Crippen molar-refractivity contribution >= 4 is 23.1 Å². The van der Waals surface area contributed by atoms with Crippen molar-refractivity contribution in [2.75, 3.05) is 5.75 Å². The lowest BCUT2D eigenvalue weighted by molar-refractivity contribution is 0.0813. The standard InChI is InChI=1S/C12H21NOS2/c1-5-7-9-11(12(3,4)14)16-10(13-9)8-15-6-2/h14H,5-8H2,1-4H3. The number of rotatable bonds is 6. The van der Waals surface area contributed by atoms with Crippen LogP contribution in [-0.2, 0) is 17.8 Å². The first kappa shape index (κ1) is 14.0. The smallest absolute Gasteiger partial charge is 0.103 e. The summed E-state index contributed by atoms with van der Waals surface area (Å²) < 4.78 is 0. The third-order valence-electron chi connectivity index (χ3n) is 2.21. The largest absolute Gasteiger partial charge is 0.385 e. The van der Waals surface area contributed by atoms with Crippen molar-refractivity contribution in [1.29, 1.82) is 0 Å². The van der Waals surface area contributed by atoms with Gasteiger partial charge in [0.15, 0.2) is 0 Å². The fraction of sp³-hybridized carbons (Fsp3) is 0.750. The minimum absolute atomic E-state index is 0.753. The van der Waals surface area contributed by atoms with Gasteiger partial charge in [-0.2, -0.15) is 11.8 Å². The van der Waals surface area contributed by atoms with E-state index in [9.17, 15) is 5.11 Å². The predicted molar refractivity (Wildman–Crippen MR) is 73.2 cm³/mol. The molecule has 0 aliphatic rings. The van der Waals surface area contributed by atoms with Crippen molar-refractivity contribution < 1.29 is 5.11 Å². The van der Waals surface area contributed by atoms with Crippen molar-refractivity contribution in [1.82, 2.24) is 4.98 Å². The van der Waals surface area contributed by atoms with Gasteiger partial charge in [0.1, 0.15) is 5.01 Å². The van der Waals surface area contributed by atoms with E-state index in [1.54, 1.807) is 11.3 Å². The van der Waals surface area contributed by atoms with E-state index in [0.29, 0.717) is 0 Å². The van der Waals surface area contributed by atoms with Gasteiger partial charge in [0.05, 0.1) is 16.2 Å². The van der Waals surface area contributed by atoms with E-state index in [2.05, 4.69) is 18.8 Å². The Bertz CT molecular complexity index is 328. The molecule has 1 N–H and O–H groups in total. The zero-order valence-electron chi connectivity index (χ0n) is 10.5. The van der Waals surface area contributed by atoms with Crippen molar-refractivity contribution in [2.45, 2.75) is 51.9 Å². The van der Waals surface area contributed by atoms with Gasteiger partial charge < -0.3 is 5.11 Å². The molecule has 16 heavy (non-hydrogen) atoms. The van der Waals surface area contributed by atoms with Gasteiger partial charge in [-0.25, -0.2) is 4.98 Å². The molecule has 4 heteroatoms. The number of hydrogen-bond donors (Lipinski definition) is 1. The van der Waals surface area contributed by atoms with Crippen molar-refractivity contribution in [3.63, 3.8) is 0 Å². The van der Waals surface area contributed by atoms with Gasteiger partial charge in [-0.1, -0.05) is 20.3 Å². The molecule has 0 aromatic carbocycles. The molecule has 0 fully saturated rings. The van der Waals surface area contributed by atoms with E-state index in [-0.39, 0.29) is 0 Å². The highest BCUT2D eigenvalue weighted by Gasteiger charge is 2.24. The molecule has 0 bridgehead atoms. The predicted octanol–water partition coefficient (Wildman–Crippen LogP) is 3.58. The molecule has 0 aliphatic carbocycles. The van der Waals surface area contributed by atoms with Crippen LogP contribution in [-0.4, -0.2) is 15.8 Å². The fourth-order valence-corrected chi connectivity index (χ4v) is 3.37. The maximum Gasteiger partial charge on any atom is 0.103 e. The van der Waals surface area contributed by atoms with Crippen LogP contribution in [0.5, 0.6) is 0 Å². The Morgan fingerprint density at radius 2 is 2.06 bits per heavy atom. The van der Waals surface area contributed by atoms with Crippen LogP contribution in [0.15, 0.2) is 0 Å². The molecule has 0 aliphatic heterocycles. The molecule has 1 aromatic rings. The molecule has 1 aromatic heterocycles. The van der Waals surface area contributed by atoms with Gasteiger partial charge in [-0.3, -0.25) is 0 Å². The van der Waals surface area contributed by atoms with E-state index < -0.39 is 5.60 Å². The first-order chi connectivity index (χ1) is 7.49. The molecule has 1 rings (SSSR count). The summed E-state index contributed by atoms with van der Waals surface area (Å²) in [5, 5.41) is 11.2. The molecule has 1 heterocycles. The molecular formula is C12H21NOS2. The van der Waals surface area contributed by atoms with Crippen LogP contribution in [0.4, 0.5) is 0 Å². The van der Waals surface area contributed by atoms with Gasteiger partial charge in [-0.05, 0) is 26.0 Å². The number of hydrogen-bond acceptors (Lipinski definition) is 4. The van der Waals surface area contributed by atoms with Gasteiger partial charge in [0, 0.05) is 5.75 Å². The topological polar surface area (TPSA) is 33.1 Å². The van der Waals surface area contributed by atoms with Crippen LogP contribution in [0.1, 0.15) is 49.7 Å². The van der Waals surface area contributed by atoms with Gasteiger partial charge >= 0.3 is 0 Å². The first-order valence-electron chi connectivity index (χ1n) is 5.78. The first-order valence-corrected chi connectivity index (χ1v) is 7.75. The van der Waals surface area contributed by atoms with Crippen molar-refractivity contribution in [3.05, 3.63) is 15.6 Å². The molecule has 0 saturated carbocycles. The number of thiazole rings is 1. The Balaban J connectivity index is 2.91. The Morgan fingerprint density at radius 3 is 2.56 bits per heavy atom. The minimum atomic E-state index is -0.753. The lowest BCUT2D eigenvalue weighted by Gasteiger charge is -2.16. The summed E-state index contributed by atoms with van der Waals surface area (Å²) in [5.74, 6) is 2.08. The molecule has 92 valence electrons. The quantitative estimate of drug-likeness (QED) is 0.847. The van der Waals surface area contributed by atoms with Crippen molar-refractivity contribution in [3.8, 4) is 0 Å². The number of nitrogens with zero attached hydrogens (tertiary/aromatic N) is 1. The van der Waals surface area contributed by atoms with Crippen LogP contribution >= 0.6 is 23.1 Å². The van der Waals surface area contributed by atoms with E-state index in [1.165, 1.54) is 0 Å². The number of aliphatic hydroxyl groups is 1. The molecule has 2 nitrogen and oxygen atoms in total. The van der Waals surface area contributed by atoms with E-state index in [4.69, 9.17) is 0 Å². The van der Waals surface area contributed by atoms with Gasteiger partial charge in [0.25, 0.3) is 0 Å². The lowest BCUT2D eigenvalue weighted by Crippen LogP contribution is -2.15. The number of aryl methyl sites for hydroxylation is 1. The maximum atomic E-state index is 10.1. The Labute approximate surface area is 106 Å². The molecule has 0 spiro atoms. The summed E-state index contributed by atoms with van der Waals surface area (Å²) in [7, 11) is 0. The second-order valence-corrected chi connectivity index (χ2v) is 6.69. The van der Waals surface area contributed by atoms with Gasteiger partial charge in [-0.15, -0.1) is 11.3 Å². The monoisotopic (exact) mass is 259 g/mol. The highest BCUT2D eigenvalue weighted by Crippen LogP contribution is 2.32. The van der Waals surface area contributed by atoms with Crippen LogP contribution < -0.4 is 0 Å². The average molecular weight is 259 g/mol. The SMILES string of the molecule is CCCc1nc(CSCC)sc1C(C)(C)O. The molecule has 0 saturated heterocycles. The molecule has 0 radical (unpaired) electrons. The highest BCUT2D eigenvalue weighted by molar-refractivity contribution is 7.98. The Morgan fingerprint density at radius 1 is 1.38 bits per heavy atom.